The zero-order chi connectivity index (χ0) is 21.6. The van der Waals surface area contributed by atoms with Crippen LogP contribution in [0.2, 0.25) is 0 Å². The third-order valence-corrected chi connectivity index (χ3v) is 5.68. The molecule has 2 heterocycles. The molecule has 1 aliphatic heterocycles. The number of ether oxygens (including phenoxy) is 2. The Labute approximate surface area is 182 Å². The molecule has 6 nitrogen and oxygen atoms in total. The Morgan fingerprint density at radius 3 is 2.65 bits per heavy atom. The number of piperazine rings is 1. The van der Waals surface area contributed by atoms with E-state index in [0.29, 0.717) is 19.5 Å². The summed E-state index contributed by atoms with van der Waals surface area (Å²) in [5, 5.41) is 3.02. The number of rotatable bonds is 7. The lowest BCUT2D eigenvalue weighted by Gasteiger charge is -2.35. The van der Waals surface area contributed by atoms with Gasteiger partial charge in [0.2, 0.25) is 5.91 Å². The van der Waals surface area contributed by atoms with Crippen molar-refractivity contribution in [1.82, 2.24) is 15.2 Å². The monoisotopic (exact) mass is 417 g/mol. The average molecular weight is 418 g/mol. The maximum atomic E-state index is 12.8. The number of methoxy groups -OCH3 is 2. The van der Waals surface area contributed by atoms with E-state index < -0.39 is 0 Å². The van der Waals surface area contributed by atoms with Crippen molar-refractivity contribution in [3.63, 3.8) is 0 Å². The molecule has 0 bridgehead atoms. The highest BCUT2D eigenvalue weighted by molar-refractivity contribution is 5.83. The number of nitrogens with zero attached hydrogens (tertiary/aromatic N) is 2. The number of carbonyl (C=O) groups excluding carboxylic acids is 1. The summed E-state index contributed by atoms with van der Waals surface area (Å²) in [6.45, 7) is 2.07. The quantitative estimate of drug-likeness (QED) is 0.639. The van der Waals surface area contributed by atoms with Gasteiger partial charge >= 0.3 is 0 Å². The Morgan fingerprint density at radius 2 is 1.87 bits per heavy atom. The van der Waals surface area contributed by atoms with Crippen molar-refractivity contribution in [1.29, 1.82) is 0 Å². The molecule has 4 rings (SSSR count). The van der Waals surface area contributed by atoms with Gasteiger partial charge in [-0.3, -0.25) is 14.7 Å². The van der Waals surface area contributed by atoms with Crippen molar-refractivity contribution in [3.05, 3.63) is 78.1 Å². The molecule has 1 fully saturated rings. The summed E-state index contributed by atoms with van der Waals surface area (Å²) in [4.78, 5) is 19.1. The largest absolute Gasteiger partial charge is 0.497 e. The standard InChI is InChI=1S/C25H27N3O3/c1-30-22-7-6-21(24(16-22)31-2)17-28-13-12-27-25(29)23(28)15-18-4-3-5-20(14-18)19-8-10-26-11-9-19/h3-11,14,16,23H,12-13,15,17H2,1-2H3,(H,27,29)/t23-/m1/s1. The summed E-state index contributed by atoms with van der Waals surface area (Å²) in [5.41, 5.74) is 4.40. The van der Waals surface area contributed by atoms with Crippen LogP contribution in [0.1, 0.15) is 11.1 Å². The lowest BCUT2D eigenvalue weighted by atomic mass is 9.97. The van der Waals surface area contributed by atoms with Gasteiger partial charge in [0.25, 0.3) is 0 Å². The lowest BCUT2D eigenvalue weighted by Crippen LogP contribution is -2.55. The van der Waals surface area contributed by atoms with Crippen LogP contribution in [0.4, 0.5) is 0 Å². The Hall–Kier alpha value is -3.38. The molecule has 1 aliphatic rings. The second-order valence-corrected chi connectivity index (χ2v) is 7.60. The Morgan fingerprint density at radius 1 is 1.03 bits per heavy atom. The van der Waals surface area contributed by atoms with Gasteiger partial charge in [0.15, 0.2) is 0 Å². The molecule has 0 spiro atoms. The number of hydrogen-bond acceptors (Lipinski definition) is 5. The van der Waals surface area contributed by atoms with Crippen molar-refractivity contribution < 1.29 is 14.3 Å². The van der Waals surface area contributed by atoms with E-state index in [1.807, 2.05) is 36.4 Å². The molecule has 0 unspecified atom stereocenters. The van der Waals surface area contributed by atoms with Gasteiger partial charge in [0.05, 0.1) is 20.3 Å². The third-order valence-electron chi connectivity index (χ3n) is 5.68. The molecule has 0 radical (unpaired) electrons. The fourth-order valence-corrected chi connectivity index (χ4v) is 4.02. The van der Waals surface area contributed by atoms with E-state index in [4.69, 9.17) is 9.47 Å². The highest BCUT2D eigenvalue weighted by atomic mass is 16.5. The molecular weight excluding hydrogens is 390 g/mol. The van der Waals surface area contributed by atoms with Crippen molar-refractivity contribution in [2.75, 3.05) is 27.3 Å². The highest BCUT2D eigenvalue weighted by Crippen LogP contribution is 2.27. The summed E-state index contributed by atoms with van der Waals surface area (Å²) in [7, 11) is 3.29. The van der Waals surface area contributed by atoms with Gasteiger partial charge in [0.1, 0.15) is 11.5 Å². The van der Waals surface area contributed by atoms with Crippen LogP contribution in [-0.4, -0.2) is 49.1 Å². The second kappa shape index (κ2) is 9.62. The Balaban J connectivity index is 1.56. The first kappa shape index (κ1) is 20.9. The van der Waals surface area contributed by atoms with Gasteiger partial charge in [0, 0.05) is 43.7 Å². The van der Waals surface area contributed by atoms with E-state index in [-0.39, 0.29) is 11.9 Å². The van der Waals surface area contributed by atoms with Gasteiger partial charge in [-0.25, -0.2) is 0 Å². The summed E-state index contributed by atoms with van der Waals surface area (Å²) in [6, 6.07) is 17.9. The zero-order valence-corrected chi connectivity index (χ0v) is 17.9. The van der Waals surface area contributed by atoms with Gasteiger partial charge in [-0.2, -0.15) is 0 Å². The molecule has 1 atom stereocenters. The molecule has 1 N–H and O–H groups in total. The predicted octanol–water partition coefficient (Wildman–Crippen LogP) is 3.31. The first-order valence-corrected chi connectivity index (χ1v) is 10.4. The van der Waals surface area contributed by atoms with E-state index in [2.05, 4.69) is 33.4 Å². The number of amides is 1. The fourth-order valence-electron chi connectivity index (χ4n) is 4.02. The number of aromatic nitrogens is 1. The van der Waals surface area contributed by atoms with Crippen molar-refractivity contribution >= 4 is 5.91 Å². The third kappa shape index (κ3) is 4.86. The molecule has 6 heteroatoms. The van der Waals surface area contributed by atoms with Crippen molar-refractivity contribution in [2.45, 2.75) is 19.0 Å². The highest BCUT2D eigenvalue weighted by Gasteiger charge is 2.30. The maximum absolute atomic E-state index is 12.8. The average Bonchev–Trinajstić information content (AvgIpc) is 2.82. The fraction of sp³-hybridized carbons (Fsp3) is 0.280. The Bertz CT molecular complexity index is 1040. The maximum Gasteiger partial charge on any atom is 0.237 e. The zero-order valence-electron chi connectivity index (χ0n) is 17.9. The van der Waals surface area contributed by atoms with Gasteiger partial charge in [-0.1, -0.05) is 30.3 Å². The SMILES string of the molecule is COc1ccc(CN2CCNC(=O)[C@H]2Cc2cccc(-c3ccncc3)c2)c(OC)c1. The minimum Gasteiger partial charge on any atom is -0.497 e. The van der Waals surface area contributed by atoms with Gasteiger partial charge in [-0.15, -0.1) is 0 Å². The van der Waals surface area contributed by atoms with Crippen LogP contribution in [-0.2, 0) is 17.8 Å². The number of pyridine rings is 1. The topological polar surface area (TPSA) is 63.7 Å². The van der Waals surface area contributed by atoms with E-state index in [9.17, 15) is 4.79 Å². The van der Waals surface area contributed by atoms with Crippen LogP contribution in [0.5, 0.6) is 11.5 Å². The van der Waals surface area contributed by atoms with Crippen LogP contribution < -0.4 is 14.8 Å². The van der Waals surface area contributed by atoms with Crippen LogP contribution in [0.25, 0.3) is 11.1 Å². The summed E-state index contributed by atoms with van der Waals surface area (Å²) < 4.78 is 10.9. The minimum absolute atomic E-state index is 0.0630. The second-order valence-electron chi connectivity index (χ2n) is 7.60. The molecule has 2 aromatic carbocycles. The van der Waals surface area contributed by atoms with Gasteiger partial charge < -0.3 is 14.8 Å². The number of benzene rings is 2. The normalized spacial score (nSPS) is 16.6. The van der Waals surface area contributed by atoms with E-state index in [0.717, 1.165) is 40.3 Å². The summed E-state index contributed by atoms with van der Waals surface area (Å²) in [6.07, 6.45) is 4.23. The van der Waals surface area contributed by atoms with Crippen molar-refractivity contribution in [3.8, 4) is 22.6 Å². The molecule has 1 saturated heterocycles. The molecule has 160 valence electrons. The van der Waals surface area contributed by atoms with E-state index in [1.165, 1.54) is 0 Å². The molecule has 0 saturated carbocycles. The molecular formula is C25H27N3O3. The molecule has 1 aromatic heterocycles. The Kier molecular flexibility index (Phi) is 6.48. The van der Waals surface area contributed by atoms with Crippen LogP contribution in [0, 0.1) is 0 Å². The lowest BCUT2D eigenvalue weighted by molar-refractivity contribution is -0.129. The summed E-state index contributed by atoms with van der Waals surface area (Å²) in [5.74, 6) is 1.58. The van der Waals surface area contributed by atoms with Crippen molar-refractivity contribution in [2.24, 2.45) is 0 Å². The first-order chi connectivity index (χ1) is 15.2. The van der Waals surface area contributed by atoms with Crippen LogP contribution in [0.15, 0.2) is 67.0 Å². The molecule has 31 heavy (non-hydrogen) atoms. The molecule has 0 aliphatic carbocycles. The number of carbonyl (C=O) groups is 1. The first-order valence-electron chi connectivity index (χ1n) is 10.4. The van der Waals surface area contributed by atoms with Crippen LogP contribution >= 0.6 is 0 Å². The van der Waals surface area contributed by atoms with Crippen LogP contribution in [0.3, 0.4) is 0 Å². The minimum atomic E-state index is -0.242. The summed E-state index contributed by atoms with van der Waals surface area (Å²) >= 11 is 0. The van der Waals surface area contributed by atoms with E-state index >= 15 is 0 Å². The van der Waals surface area contributed by atoms with E-state index in [1.54, 1.807) is 26.6 Å². The van der Waals surface area contributed by atoms with Gasteiger partial charge in [-0.05, 0) is 41.3 Å². The molecule has 1 amide bonds. The number of hydrogen-bond donors (Lipinski definition) is 1. The number of nitrogens with one attached hydrogen (secondary N) is 1. The smallest absolute Gasteiger partial charge is 0.237 e. The molecule has 3 aromatic rings. The predicted molar refractivity (Wildman–Crippen MR) is 120 cm³/mol.